The second-order valence-corrected chi connectivity index (χ2v) is 2.89. The minimum atomic E-state index is 0.0648. The topological polar surface area (TPSA) is 29.4 Å². The third kappa shape index (κ3) is 0.777. The summed E-state index contributed by atoms with van der Waals surface area (Å²) in [6.07, 6.45) is 0. The van der Waals surface area contributed by atoms with E-state index in [4.69, 9.17) is 0 Å². The highest BCUT2D eigenvalue weighted by Crippen LogP contribution is 2.20. The Bertz CT molecular complexity index is 153. The first-order chi connectivity index (χ1) is 3.72. The fraction of sp³-hybridized carbons (Fsp3) is 0.600. The lowest BCUT2D eigenvalue weighted by Gasteiger charge is -1.90. The van der Waals surface area contributed by atoms with Gasteiger partial charge in [-0.25, -0.2) is 4.40 Å². The average molecular weight is 129 g/mol. The summed E-state index contributed by atoms with van der Waals surface area (Å²) in [7, 11) is 0. The van der Waals surface area contributed by atoms with Gasteiger partial charge in [0.05, 0.1) is 11.0 Å². The maximum absolute atomic E-state index is 10.8. The van der Waals surface area contributed by atoms with Gasteiger partial charge in [0.25, 0.3) is 0 Å². The number of Topliss-reactive ketones (excluding diaryl/α,β-unsaturated/α-hetero) is 1. The summed E-state index contributed by atoms with van der Waals surface area (Å²) < 4.78 is 3.88. The molecule has 1 aliphatic heterocycles. The molecule has 0 aromatic heterocycles. The molecular formula is C5H7NOS. The van der Waals surface area contributed by atoms with E-state index in [1.54, 1.807) is 6.92 Å². The third-order valence-electron chi connectivity index (χ3n) is 1.07. The molecule has 0 saturated heterocycles. The molecule has 3 heteroatoms. The Labute approximate surface area is 52.5 Å². The predicted octanol–water partition coefficient (Wildman–Crippen LogP) is 1.07. The SMILES string of the molecule is CC1=NSC(C)C1=O. The zero-order chi connectivity index (χ0) is 6.15. The van der Waals surface area contributed by atoms with Gasteiger partial charge in [-0.05, 0) is 25.8 Å². The Kier molecular flexibility index (Phi) is 1.38. The van der Waals surface area contributed by atoms with Crippen LogP contribution in [0.4, 0.5) is 0 Å². The van der Waals surface area contributed by atoms with Crippen molar-refractivity contribution in [1.82, 2.24) is 0 Å². The van der Waals surface area contributed by atoms with Crippen molar-refractivity contribution in [3.8, 4) is 0 Å². The molecule has 8 heavy (non-hydrogen) atoms. The largest absolute Gasteiger partial charge is 0.291 e. The molecule has 1 unspecified atom stereocenters. The summed E-state index contributed by atoms with van der Waals surface area (Å²) in [6, 6.07) is 0. The molecule has 0 fully saturated rings. The molecule has 0 radical (unpaired) electrons. The second kappa shape index (κ2) is 1.90. The van der Waals surface area contributed by atoms with E-state index in [0.29, 0.717) is 5.71 Å². The molecule has 0 spiro atoms. The van der Waals surface area contributed by atoms with Crippen LogP contribution in [0.25, 0.3) is 0 Å². The van der Waals surface area contributed by atoms with Gasteiger partial charge in [-0.1, -0.05) is 0 Å². The van der Waals surface area contributed by atoms with Crippen LogP contribution in [0.1, 0.15) is 13.8 Å². The highest BCUT2D eigenvalue weighted by molar-refractivity contribution is 8.00. The molecule has 1 heterocycles. The molecule has 0 aromatic carbocycles. The highest BCUT2D eigenvalue weighted by atomic mass is 32.2. The van der Waals surface area contributed by atoms with Crippen LogP contribution in [0.3, 0.4) is 0 Å². The van der Waals surface area contributed by atoms with Crippen LogP contribution < -0.4 is 0 Å². The average Bonchev–Trinajstić information content (AvgIpc) is 1.98. The number of hydrogen-bond acceptors (Lipinski definition) is 3. The van der Waals surface area contributed by atoms with Crippen LogP contribution in [-0.2, 0) is 4.79 Å². The number of nitrogens with zero attached hydrogens (tertiary/aromatic N) is 1. The molecule has 0 amide bonds. The summed E-state index contributed by atoms with van der Waals surface area (Å²) in [4.78, 5) is 10.8. The van der Waals surface area contributed by atoms with E-state index in [2.05, 4.69) is 4.40 Å². The molecule has 0 saturated carbocycles. The molecule has 44 valence electrons. The van der Waals surface area contributed by atoms with Crippen LogP contribution in [0.15, 0.2) is 4.40 Å². The highest BCUT2D eigenvalue weighted by Gasteiger charge is 2.21. The van der Waals surface area contributed by atoms with Gasteiger partial charge in [0, 0.05) is 0 Å². The van der Waals surface area contributed by atoms with Gasteiger partial charge in [0.15, 0.2) is 5.78 Å². The van der Waals surface area contributed by atoms with Crippen LogP contribution in [-0.4, -0.2) is 16.7 Å². The molecule has 1 aliphatic rings. The van der Waals surface area contributed by atoms with Crippen LogP contribution in [0.2, 0.25) is 0 Å². The predicted molar refractivity (Wildman–Crippen MR) is 35.2 cm³/mol. The van der Waals surface area contributed by atoms with Gasteiger partial charge >= 0.3 is 0 Å². The molecule has 1 atom stereocenters. The number of ketones is 1. The third-order valence-corrected chi connectivity index (χ3v) is 1.98. The van der Waals surface area contributed by atoms with Crippen LogP contribution >= 0.6 is 11.9 Å². The smallest absolute Gasteiger partial charge is 0.191 e. The molecular weight excluding hydrogens is 122 g/mol. The first kappa shape index (κ1) is 5.82. The Morgan fingerprint density at radius 2 is 2.38 bits per heavy atom. The second-order valence-electron chi connectivity index (χ2n) is 1.79. The van der Waals surface area contributed by atoms with Gasteiger partial charge in [0.2, 0.25) is 0 Å². The zero-order valence-corrected chi connectivity index (χ0v) is 5.66. The summed E-state index contributed by atoms with van der Waals surface area (Å²) in [5.41, 5.74) is 0.655. The number of carbonyl (C=O) groups excluding carboxylic acids is 1. The van der Waals surface area contributed by atoms with E-state index in [9.17, 15) is 4.79 Å². The fourth-order valence-electron chi connectivity index (χ4n) is 0.545. The van der Waals surface area contributed by atoms with Crippen molar-refractivity contribution in [2.45, 2.75) is 19.1 Å². The minimum absolute atomic E-state index is 0.0648. The van der Waals surface area contributed by atoms with Gasteiger partial charge in [0.1, 0.15) is 0 Å². The normalized spacial score (nSPS) is 28.5. The number of carbonyl (C=O) groups is 1. The maximum Gasteiger partial charge on any atom is 0.191 e. The lowest BCUT2D eigenvalue weighted by Crippen LogP contribution is -2.14. The van der Waals surface area contributed by atoms with Crippen molar-refractivity contribution in [1.29, 1.82) is 0 Å². The molecule has 1 rings (SSSR count). The Hall–Kier alpha value is -0.310. The Balaban J connectivity index is 2.73. The zero-order valence-electron chi connectivity index (χ0n) is 4.84. The van der Waals surface area contributed by atoms with E-state index in [1.807, 2.05) is 6.92 Å². The van der Waals surface area contributed by atoms with Crippen molar-refractivity contribution in [3.05, 3.63) is 0 Å². The van der Waals surface area contributed by atoms with Crippen molar-refractivity contribution in [2.24, 2.45) is 4.40 Å². The quantitative estimate of drug-likeness (QED) is 0.458. The van der Waals surface area contributed by atoms with Gasteiger partial charge in [-0.15, -0.1) is 0 Å². The molecule has 0 aromatic rings. The minimum Gasteiger partial charge on any atom is -0.291 e. The standard InChI is InChI=1S/C5H7NOS/c1-3-5(7)4(2)8-6-3/h4H,1-2H3. The van der Waals surface area contributed by atoms with Crippen molar-refractivity contribution >= 4 is 23.4 Å². The fourth-order valence-corrected chi connectivity index (χ4v) is 1.22. The Morgan fingerprint density at radius 3 is 2.50 bits per heavy atom. The summed E-state index contributed by atoms with van der Waals surface area (Å²) in [5.74, 6) is 0.176. The van der Waals surface area contributed by atoms with E-state index in [-0.39, 0.29) is 11.0 Å². The van der Waals surface area contributed by atoms with E-state index >= 15 is 0 Å². The lowest BCUT2D eigenvalue weighted by molar-refractivity contribution is -0.112. The van der Waals surface area contributed by atoms with E-state index in [0.717, 1.165) is 0 Å². The summed E-state index contributed by atoms with van der Waals surface area (Å²) >= 11 is 1.35. The Morgan fingerprint density at radius 1 is 1.75 bits per heavy atom. The summed E-state index contributed by atoms with van der Waals surface area (Å²) in [5, 5.41) is 0.0648. The maximum atomic E-state index is 10.8. The molecule has 2 nitrogen and oxygen atoms in total. The van der Waals surface area contributed by atoms with Gasteiger partial charge in [-0.2, -0.15) is 0 Å². The molecule has 0 bridgehead atoms. The van der Waals surface area contributed by atoms with Crippen LogP contribution in [0.5, 0.6) is 0 Å². The number of hydrogen-bond donors (Lipinski definition) is 0. The molecule has 0 aliphatic carbocycles. The van der Waals surface area contributed by atoms with E-state index in [1.165, 1.54) is 11.9 Å². The van der Waals surface area contributed by atoms with Gasteiger partial charge in [-0.3, -0.25) is 4.79 Å². The first-order valence-corrected chi connectivity index (χ1v) is 3.30. The monoisotopic (exact) mass is 129 g/mol. The van der Waals surface area contributed by atoms with Gasteiger partial charge < -0.3 is 0 Å². The van der Waals surface area contributed by atoms with Crippen molar-refractivity contribution in [3.63, 3.8) is 0 Å². The lowest BCUT2D eigenvalue weighted by atomic mass is 10.2. The van der Waals surface area contributed by atoms with Crippen molar-refractivity contribution < 1.29 is 4.79 Å². The molecule has 0 N–H and O–H groups in total. The van der Waals surface area contributed by atoms with Crippen molar-refractivity contribution in [2.75, 3.05) is 0 Å². The van der Waals surface area contributed by atoms with E-state index < -0.39 is 0 Å². The first-order valence-electron chi connectivity index (χ1n) is 2.46. The van der Waals surface area contributed by atoms with Crippen LogP contribution in [0, 0.1) is 0 Å². The number of rotatable bonds is 0. The summed E-state index contributed by atoms with van der Waals surface area (Å²) in [6.45, 7) is 3.62.